The van der Waals surface area contributed by atoms with Gasteiger partial charge in [0.2, 0.25) is 0 Å². The topological polar surface area (TPSA) is 60.4 Å². The van der Waals surface area contributed by atoms with Gasteiger partial charge in [0.25, 0.3) is 5.91 Å². The van der Waals surface area contributed by atoms with Gasteiger partial charge in [-0.25, -0.2) is 4.99 Å². The molecule has 0 saturated carbocycles. The van der Waals surface area contributed by atoms with Gasteiger partial charge in [0.15, 0.2) is 11.5 Å². The third-order valence-electron chi connectivity index (χ3n) is 5.00. The van der Waals surface area contributed by atoms with Crippen LogP contribution in [0.2, 0.25) is 5.02 Å². The molecule has 1 aliphatic heterocycles. The molecule has 1 amide bonds. The highest BCUT2D eigenvalue weighted by Gasteiger charge is 2.32. The normalized spacial score (nSPS) is 14.5. The molecular formula is C25H21ClN2O4. The highest BCUT2D eigenvalue weighted by atomic mass is 35.5. The molecule has 0 saturated heterocycles. The number of methoxy groups -OCH3 is 3. The standard InChI is InChI=1S/C25H21ClN2O4/c1-30-20-11-9-19(10-12-20)28-24(17-5-7-18(26)8-6-17)27-21(25(28)29)14-16-4-13-22(31-2)23(15-16)32-3/h4-15H,1-3H3/b21-14-. The molecule has 4 rings (SSSR count). The van der Waals surface area contributed by atoms with E-state index in [2.05, 4.69) is 4.99 Å². The summed E-state index contributed by atoms with van der Waals surface area (Å²) in [6.45, 7) is 0. The molecule has 0 bridgehead atoms. The maximum Gasteiger partial charge on any atom is 0.282 e. The largest absolute Gasteiger partial charge is 0.497 e. The van der Waals surface area contributed by atoms with Crippen LogP contribution in [0, 0.1) is 0 Å². The van der Waals surface area contributed by atoms with Crippen LogP contribution in [0.3, 0.4) is 0 Å². The van der Waals surface area contributed by atoms with E-state index in [1.165, 1.54) is 0 Å². The van der Waals surface area contributed by atoms with Crippen LogP contribution >= 0.6 is 11.6 Å². The quantitative estimate of drug-likeness (QED) is 0.486. The summed E-state index contributed by atoms with van der Waals surface area (Å²) >= 11 is 6.06. The molecule has 0 aromatic heterocycles. The summed E-state index contributed by atoms with van der Waals surface area (Å²) < 4.78 is 15.9. The number of carbonyl (C=O) groups is 1. The third-order valence-corrected chi connectivity index (χ3v) is 5.26. The van der Waals surface area contributed by atoms with Crippen molar-refractivity contribution in [2.75, 3.05) is 26.2 Å². The number of carbonyl (C=O) groups excluding carboxylic acids is 1. The van der Waals surface area contributed by atoms with Crippen molar-refractivity contribution >= 4 is 35.1 Å². The summed E-state index contributed by atoms with van der Waals surface area (Å²) in [5, 5.41) is 0.607. The van der Waals surface area contributed by atoms with Crippen LogP contribution in [0.15, 0.2) is 77.4 Å². The van der Waals surface area contributed by atoms with Crippen LogP contribution in [-0.4, -0.2) is 33.1 Å². The Labute approximate surface area is 191 Å². The number of hydrogen-bond acceptors (Lipinski definition) is 5. The summed E-state index contributed by atoms with van der Waals surface area (Å²) in [5.74, 6) is 2.16. The lowest BCUT2D eigenvalue weighted by molar-refractivity contribution is -0.113. The number of amides is 1. The lowest BCUT2D eigenvalue weighted by Gasteiger charge is -2.19. The fourth-order valence-corrected chi connectivity index (χ4v) is 3.51. The van der Waals surface area contributed by atoms with Gasteiger partial charge in [-0.3, -0.25) is 9.69 Å². The minimum atomic E-state index is -0.241. The van der Waals surface area contributed by atoms with Gasteiger partial charge in [0.1, 0.15) is 17.3 Å². The van der Waals surface area contributed by atoms with E-state index in [1.54, 1.807) is 68.7 Å². The van der Waals surface area contributed by atoms with E-state index < -0.39 is 0 Å². The number of halogens is 1. The van der Waals surface area contributed by atoms with Crippen molar-refractivity contribution in [3.63, 3.8) is 0 Å². The zero-order valence-corrected chi connectivity index (χ0v) is 18.6. The summed E-state index contributed by atoms with van der Waals surface area (Å²) in [7, 11) is 4.74. The van der Waals surface area contributed by atoms with Crippen LogP contribution in [0.4, 0.5) is 5.69 Å². The highest BCUT2D eigenvalue weighted by Crippen LogP contribution is 2.32. The maximum atomic E-state index is 13.4. The van der Waals surface area contributed by atoms with Crippen molar-refractivity contribution in [3.8, 4) is 17.2 Å². The van der Waals surface area contributed by atoms with Gasteiger partial charge in [-0.15, -0.1) is 0 Å². The molecule has 0 aliphatic carbocycles. The molecule has 0 spiro atoms. The number of amidine groups is 1. The van der Waals surface area contributed by atoms with Gasteiger partial charge >= 0.3 is 0 Å². The van der Waals surface area contributed by atoms with E-state index in [0.29, 0.717) is 39.5 Å². The lowest BCUT2D eigenvalue weighted by Crippen LogP contribution is -2.32. The van der Waals surface area contributed by atoms with Gasteiger partial charge < -0.3 is 14.2 Å². The molecule has 0 fully saturated rings. The number of rotatable bonds is 6. The van der Waals surface area contributed by atoms with Gasteiger partial charge in [-0.1, -0.05) is 17.7 Å². The van der Waals surface area contributed by atoms with Crippen molar-refractivity contribution < 1.29 is 19.0 Å². The summed E-state index contributed by atoms with van der Waals surface area (Å²) in [4.78, 5) is 19.7. The molecule has 1 heterocycles. The molecule has 162 valence electrons. The molecule has 6 nitrogen and oxygen atoms in total. The van der Waals surface area contributed by atoms with Crippen LogP contribution < -0.4 is 19.1 Å². The SMILES string of the molecule is COc1ccc(N2C(=O)/C(=C/c3ccc(OC)c(OC)c3)N=C2c2ccc(Cl)cc2)cc1. The second kappa shape index (κ2) is 9.16. The van der Waals surface area contributed by atoms with E-state index in [-0.39, 0.29) is 5.91 Å². The Kier molecular flexibility index (Phi) is 6.14. The van der Waals surface area contributed by atoms with E-state index in [0.717, 1.165) is 11.1 Å². The highest BCUT2D eigenvalue weighted by molar-refractivity contribution is 6.34. The third kappa shape index (κ3) is 4.18. The van der Waals surface area contributed by atoms with Gasteiger partial charge in [-0.05, 0) is 72.3 Å². The molecule has 0 radical (unpaired) electrons. The Morgan fingerprint density at radius 2 is 1.53 bits per heavy atom. The number of anilines is 1. The number of nitrogens with zero attached hydrogens (tertiary/aromatic N) is 2. The zero-order chi connectivity index (χ0) is 22.7. The average molecular weight is 449 g/mol. The van der Waals surface area contributed by atoms with Crippen molar-refractivity contribution in [3.05, 3.63) is 88.6 Å². The Balaban J connectivity index is 1.79. The number of hydrogen-bond donors (Lipinski definition) is 0. The molecular weight excluding hydrogens is 428 g/mol. The summed E-state index contributed by atoms with van der Waals surface area (Å²) in [5.41, 5.74) is 2.52. The molecule has 0 N–H and O–H groups in total. The molecule has 0 atom stereocenters. The average Bonchev–Trinajstić information content (AvgIpc) is 3.15. The second-order valence-corrected chi connectivity index (χ2v) is 7.36. The Hall–Kier alpha value is -3.77. The fraction of sp³-hybridized carbons (Fsp3) is 0.120. The molecule has 1 aliphatic rings. The number of ether oxygens (including phenoxy) is 3. The van der Waals surface area contributed by atoms with E-state index in [4.69, 9.17) is 25.8 Å². The Morgan fingerprint density at radius 1 is 0.844 bits per heavy atom. The smallest absolute Gasteiger partial charge is 0.282 e. The van der Waals surface area contributed by atoms with Crippen LogP contribution in [0.5, 0.6) is 17.2 Å². The zero-order valence-electron chi connectivity index (χ0n) is 17.8. The van der Waals surface area contributed by atoms with Gasteiger partial charge in [0.05, 0.1) is 27.0 Å². The summed E-state index contributed by atoms with van der Waals surface area (Å²) in [6, 6.07) is 19.9. The van der Waals surface area contributed by atoms with Crippen LogP contribution in [0.25, 0.3) is 6.08 Å². The first-order valence-electron chi connectivity index (χ1n) is 9.81. The van der Waals surface area contributed by atoms with Crippen LogP contribution in [0.1, 0.15) is 11.1 Å². The number of benzene rings is 3. The fourth-order valence-electron chi connectivity index (χ4n) is 3.38. The van der Waals surface area contributed by atoms with Gasteiger partial charge in [0, 0.05) is 10.6 Å². The monoisotopic (exact) mass is 448 g/mol. The second-order valence-electron chi connectivity index (χ2n) is 6.92. The van der Waals surface area contributed by atoms with E-state index >= 15 is 0 Å². The number of aliphatic imine (C=N–C) groups is 1. The maximum absolute atomic E-state index is 13.4. The minimum absolute atomic E-state index is 0.241. The van der Waals surface area contributed by atoms with Crippen molar-refractivity contribution in [1.29, 1.82) is 0 Å². The Bertz CT molecular complexity index is 1200. The summed E-state index contributed by atoms with van der Waals surface area (Å²) in [6.07, 6.45) is 1.73. The molecule has 0 unspecified atom stereocenters. The van der Waals surface area contributed by atoms with Crippen molar-refractivity contribution in [1.82, 2.24) is 0 Å². The molecule has 32 heavy (non-hydrogen) atoms. The first kappa shape index (κ1) is 21.5. The molecule has 3 aromatic carbocycles. The van der Waals surface area contributed by atoms with Crippen molar-refractivity contribution in [2.24, 2.45) is 4.99 Å². The molecule has 7 heteroatoms. The predicted octanol–water partition coefficient (Wildman–Crippen LogP) is 5.20. The molecule has 3 aromatic rings. The van der Waals surface area contributed by atoms with E-state index in [1.807, 2.05) is 30.3 Å². The minimum Gasteiger partial charge on any atom is -0.497 e. The van der Waals surface area contributed by atoms with Crippen molar-refractivity contribution in [2.45, 2.75) is 0 Å². The first-order valence-corrected chi connectivity index (χ1v) is 10.2. The van der Waals surface area contributed by atoms with E-state index in [9.17, 15) is 4.79 Å². The van der Waals surface area contributed by atoms with Gasteiger partial charge in [-0.2, -0.15) is 0 Å². The lowest BCUT2D eigenvalue weighted by atomic mass is 10.1. The Morgan fingerprint density at radius 3 is 2.16 bits per heavy atom. The first-order chi connectivity index (χ1) is 15.5. The predicted molar refractivity (Wildman–Crippen MR) is 126 cm³/mol. The van der Waals surface area contributed by atoms with Crippen LogP contribution in [-0.2, 0) is 4.79 Å².